The Bertz CT molecular complexity index is 1310. The Morgan fingerprint density at radius 3 is 2.64 bits per heavy atom. The molecular formula is C22H30N6O4S. The molecule has 1 saturated heterocycles. The number of nitrogens with one attached hydrogen (secondary N) is 2. The van der Waals surface area contributed by atoms with Crippen LogP contribution in [0.4, 0.5) is 0 Å². The van der Waals surface area contributed by atoms with Gasteiger partial charge in [0.15, 0.2) is 11.3 Å². The summed E-state index contributed by atoms with van der Waals surface area (Å²) in [7, 11) is -3.68. The number of imidazole rings is 1. The van der Waals surface area contributed by atoms with E-state index in [-0.39, 0.29) is 22.9 Å². The third kappa shape index (κ3) is 4.58. The van der Waals surface area contributed by atoms with E-state index in [0.717, 1.165) is 12.0 Å². The quantitative estimate of drug-likeness (QED) is 0.507. The lowest BCUT2D eigenvalue weighted by Crippen LogP contribution is -2.46. The molecule has 4 rings (SSSR count). The fraction of sp³-hybridized carbons (Fsp3) is 0.500. The van der Waals surface area contributed by atoms with Crippen LogP contribution in [-0.4, -0.2) is 65.1 Å². The number of aromatic amines is 1. The van der Waals surface area contributed by atoms with Crippen LogP contribution in [-0.2, 0) is 27.8 Å². The lowest BCUT2D eigenvalue weighted by atomic mass is 10.1. The smallest absolute Gasteiger partial charge is 0.277 e. The molecule has 0 saturated carbocycles. The molecule has 33 heavy (non-hydrogen) atoms. The molecule has 1 fully saturated rings. The number of hydrogen-bond donors (Lipinski definition) is 2. The molecule has 0 atom stereocenters. The highest BCUT2D eigenvalue weighted by Gasteiger charge is 2.27. The number of nitrogens with zero attached hydrogens (tertiary/aromatic N) is 4. The van der Waals surface area contributed by atoms with Gasteiger partial charge < -0.3 is 15.0 Å². The van der Waals surface area contributed by atoms with E-state index in [1.165, 1.54) is 4.31 Å². The number of aromatic nitrogens is 4. The summed E-state index contributed by atoms with van der Waals surface area (Å²) in [5, 5.41) is 7.84. The molecule has 0 unspecified atom stereocenters. The van der Waals surface area contributed by atoms with Crippen LogP contribution in [0.3, 0.4) is 0 Å². The van der Waals surface area contributed by atoms with E-state index in [1.807, 2.05) is 13.8 Å². The van der Waals surface area contributed by atoms with Crippen LogP contribution < -0.4 is 10.9 Å². The minimum Gasteiger partial charge on any atom is -0.377 e. The predicted octanol–water partition coefficient (Wildman–Crippen LogP) is 1.48. The maximum Gasteiger partial charge on any atom is 0.277 e. The summed E-state index contributed by atoms with van der Waals surface area (Å²) < 4.78 is 35.2. The Balaban J connectivity index is 1.87. The normalized spacial score (nSPS) is 15.4. The highest BCUT2D eigenvalue weighted by Crippen LogP contribution is 2.27. The van der Waals surface area contributed by atoms with Crippen molar-refractivity contribution in [3.8, 4) is 11.4 Å². The van der Waals surface area contributed by atoms with Crippen molar-refractivity contribution in [2.24, 2.45) is 0 Å². The molecule has 1 aromatic carbocycles. The van der Waals surface area contributed by atoms with Crippen molar-refractivity contribution in [1.82, 2.24) is 29.2 Å². The molecule has 2 aromatic heterocycles. The number of sulfonamides is 1. The van der Waals surface area contributed by atoms with Gasteiger partial charge in [-0.1, -0.05) is 13.0 Å². The van der Waals surface area contributed by atoms with Crippen molar-refractivity contribution < 1.29 is 13.2 Å². The zero-order chi connectivity index (χ0) is 23.6. The lowest BCUT2D eigenvalue weighted by molar-refractivity contribution is 0.134. The molecule has 2 N–H and O–H groups in total. The standard InChI is InChI=1S/C22H30N6O4S/c1-4-6-19-24-15(3)20-22(29)25-21(26-28(19)20)18-13-17(8-7-16(18)14-32-5-2)33(30,31)27-11-9-23-10-12-27/h7-8,13,23H,4-6,9-12,14H2,1-3H3,(H,25,26,29). The fourth-order valence-corrected chi connectivity index (χ4v) is 5.52. The summed E-state index contributed by atoms with van der Waals surface area (Å²) in [5.74, 6) is 0.989. The highest BCUT2D eigenvalue weighted by molar-refractivity contribution is 7.89. The maximum atomic E-state index is 13.3. The van der Waals surface area contributed by atoms with Gasteiger partial charge >= 0.3 is 0 Å². The summed E-state index contributed by atoms with van der Waals surface area (Å²) in [6.45, 7) is 8.53. The second-order valence-corrected chi connectivity index (χ2v) is 9.97. The number of piperazine rings is 1. The second-order valence-electron chi connectivity index (χ2n) is 8.04. The molecule has 11 heteroatoms. The molecule has 0 spiro atoms. The van der Waals surface area contributed by atoms with Gasteiger partial charge in [-0.05, 0) is 38.0 Å². The Hall–Kier alpha value is -2.60. The first-order valence-electron chi connectivity index (χ1n) is 11.3. The number of ether oxygens (including phenoxy) is 1. The van der Waals surface area contributed by atoms with Crippen molar-refractivity contribution in [3.63, 3.8) is 0 Å². The average Bonchev–Trinajstić information content (AvgIpc) is 3.14. The third-order valence-electron chi connectivity index (χ3n) is 5.73. The number of fused-ring (bicyclic) bond motifs is 1. The number of H-pyrrole nitrogens is 1. The topological polar surface area (TPSA) is 122 Å². The van der Waals surface area contributed by atoms with Crippen molar-refractivity contribution in [3.05, 3.63) is 45.6 Å². The highest BCUT2D eigenvalue weighted by atomic mass is 32.2. The van der Waals surface area contributed by atoms with Crippen LogP contribution in [0.25, 0.3) is 16.9 Å². The zero-order valence-corrected chi connectivity index (χ0v) is 20.0. The minimum atomic E-state index is -3.68. The molecule has 10 nitrogen and oxygen atoms in total. The molecular weight excluding hydrogens is 444 g/mol. The molecule has 1 aliphatic rings. The van der Waals surface area contributed by atoms with Crippen LogP contribution in [0.5, 0.6) is 0 Å². The Morgan fingerprint density at radius 1 is 1.18 bits per heavy atom. The summed E-state index contributed by atoms with van der Waals surface area (Å²) in [4.78, 5) is 20.5. The number of hydrogen-bond acceptors (Lipinski definition) is 7. The van der Waals surface area contributed by atoms with Gasteiger partial charge in [-0.15, -0.1) is 5.10 Å². The Labute approximate surface area is 193 Å². The van der Waals surface area contributed by atoms with E-state index in [1.54, 1.807) is 29.6 Å². The minimum absolute atomic E-state index is 0.165. The van der Waals surface area contributed by atoms with E-state index in [0.29, 0.717) is 61.8 Å². The van der Waals surface area contributed by atoms with Gasteiger partial charge in [-0.3, -0.25) is 4.79 Å². The summed E-state index contributed by atoms with van der Waals surface area (Å²) in [6.07, 6.45) is 1.53. The van der Waals surface area contributed by atoms with Crippen LogP contribution >= 0.6 is 0 Å². The molecule has 0 bridgehead atoms. The molecule has 178 valence electrons. The van der Waals surface area contributed by atoms with Gasteiger partial charge in [0.25, 0.3) is 5.56 Å². The third-order valence-corrected chi connectivity index (χ3v) is 7.62. The molecule has 3 aromatic rings. The first kappa shape index (κ1) is 23.6. The molecule has 0 radical (unpaired) electrons. The molecule has 0 amide bonds. The first-order valence-corrected chi connectivity index (χ1v) is 12.7. The Kier molecular flexibility index (Phi) is 6.94. The van der Waals surface area contributed by atoms with E-state index >= 15 is 0 Å². The maximum absolute atomic E-state index is 13.3. The molecule has 3 heterocycles. The second kappa shape index (κ2) is 9.72. The van der Waals surface area contributed by atoms with Crippen molar-refractivity contribution in [1.29, 1.82) is 0 Å². The first-order chi connectivity index (χ1) is 15.9. The summed E-state index contributed by atoms with van der Waals surface area (Å²) >= 11 is 0. The van der Waals surface area contributed by atoms with Crippen molar-refractivity contribution in [2.75, 3.05) is 32.8 Å². The van der Waals surface area contributed by atoms with Crippen molar-refractivity contribution in [2.45, 2.75) is 45.1 Å². The van der Waals surface area contributed by atoms with Gasteiger partial charge in [0.05, 0.1) is 17.2 Å². The number of rotatable bonds is 8. The van der Waals surface area contributed by atoms with Gasteiger partial charge in [-0.25, -0.2) is 17.9 Å². The van der Waals surface area contributed by atoms with E-state index in [2.05, 4.69) is 20.4 Å². The zero-order valence-electron chi connectivity index (χ0n) is 19.2. The monoisotopic (exact) mass is 474 g/mol. The van der Waals surface area contributed by atoms with E-state index < -0.39 is 10.0 Å². The van der Waals surface area contributed by atoms with Crippen molar-refractivity contribution >= 4 is 15.5 Å². The number of aryl methyl sites for hydroxylation is 2. The number of benzene rings is 1. The largest absolute Gasteiger partial charge is 0.377 e. The van der Waals surface area contributed by atoms with Crippen LogP contribution in [0.1, 0.15) is 37.4 Å². The lowest BCUT2D eigenvalue weighted by Gasteiger charge is -2.27. The van der Waals surface area contributed by atoms with E-state index in [9.17, 15) is 13.2 Å². The molecule has 1 aliphatic heterocycles. The fourth-order valence-electron chi connectivity index (χ4n) is 4.05. The van der Waals surface area contributed by atoms with Gasteiger partial charge in [0.1, 0.15) is 5.82 Å². The van der Waals surface area contributed by atoms with E-state index in [4.69, 9.17) is 4.74 Å². The van der Waals surface area contributed by atoms with Crippen LogP contribution in [0.2, 0.25) is 0 Å². The SMILES string of the molecule is CCCc1nc(C)c2c(=O)[nH]c(-c3cc(S(=O)(=O)N4CCNCC4)ccc3COCC)nn12. The van der Waals surface area contributed by atoms with Gasteiger partial charge in [-0.2, -0.15) is 4.31 Å². The average molecular weight is 475 g/mol. The Morgan fingerprint density at radius 2 is 1.94 bits per heavy atom. The van der Waals surface area contributed by atoms with Crippen LogP contribution in [0.15, 0.2) is 27.9 Å². The van der Waals surface area contributed by atoms with Gasteiger partial charge in [0, 0.05) is 44.8 Å². The summed E-state index contributed by atoms with van der Waals surface area (Å²) in [5.41, 5.74) is 1.96. The van der Waals surface area contributed by atoms with Crippen LogP contribution in [0, 0.1) is 6.92 Å². The predicted molar refractivity (Wildman–Crippen MR) is 125 cm³/mol. The molecule has 0 aliphatic carbocycles. The van der Waals surface area contributed by atoms with Gasteiger partial charge in [0.2, 0.25) is 10.0 Å². The summed E-state index contributed by atoms with van der Waals surface area (Å²) in [6, 6.07) is 4.91.